The first-order chi connectivity index (χ1) is 17.0. The number of nitrogens with zero attached hydrogens (tertiary/aromatic N) is 2. The van der Waals surface area contributed by atoms with E-state index in [0.29, 0.717) is 0 Å². The predicted octanol–water partition coefficient (Wildman–Crippen LogP) is 4.98. The normalized spacial score (nSPS) is 17.0. The monoisotopic (exact) mass is 477 g/mol. The SMILES string of the molecule is CC(C)NC(C=O)C(c1ccccc1)N1CCN(C(c2ccc(F)cc2)c2ccc(F)cc2)CC1. The molecule has 0 aromatic heterocycles. The van der Waals surface area contributed by atoms with Crippen LogP contribution in [0.3, 0.4) is 0 Å². The summed E-state index contributed by atoms with van der Waals surface area (Å²) in [6, 6.07) is 22.9. The molecule has 184 valence electrons. The summed E-state index contributed by atoms with van der Waals surface area (Å²) in [5, 5.41) is 3.43. The summed E-state index contributed by atoms with van der Waals surface area (Å²) >= 11 is 0. The third kappa shape index (κ3) is 6.20. The summed E-state index contributed by atoms with van der Waals surface area (Å²) in [6.07, 6.45) is 1.02. The van der Waals surface area contributed by atoms with Gasteiger partial charge in [0.15, 0.2) is 0 Å². The molecule has 1 fully saturated rings. The van der Waals surface area contributed by atoms with E-state index in [1.807, 2.05) is 32.0 Å². The van der Waals surface area contributed by atoms with E-state index < -0.39 is 0 Å². The zero-order valence-electron chi connectivity index (χ0n) is 20.3. The van der Waals surface area contributed by atoms with Gasteiger partial charge >= 0.3 is 0 Å². The molecule has 0 aliphatic carbocycles. The minimum absolute atomic E-state index is 0.0756. The van der Waals surface area contributed by atoms with Crippen molar-refractivity contribution in [3.05, 3.63) is 107 Å². The van der Waals surface area contributed by atoms with Crippen LogP contribution in [0.15, 0.2) is 78.9 Å². The minimum atomic E-state index is -0.325. The Kier molecular flexibility index (Phi) is 8.39. The van der Waals surface area contributed by atoms with E-state index in [1.165, 1.54) is 24.3 Å². The molecule has 1 heterocycles. The van der Waals surface area contributed by atoms with Crippen molar-refractivity contribution in [1.29, 1.82) is 0 Å². The van der Waals surface area contributed by atoms with Gasteiger partial charge in [-0.2, -0.15) is 0 Å². The van der Waals surface area contributed by atoms with Crippen LogP contribution >= 0.6 is 0 Å². The summed E-state index contributed by atoms with van der Waals surface area (Å²) in [5.74, 6) is -0.556. The Labute approximate surface area is 206 Å². The standard InChI is InChI=1S/C29H33F2N3O/c1-21(2)32-27(20-35)29(22-6-4-3-5-7-22)34-18-16-33(17-19-34)28(23-8-12-25(30)13-9-23)24-10-14-26(31)15-11-24/h3-15,20-21,27-29,32H,16-19H2,1-2H3. The summed E-state index contributed by atoms with van der Waals surface area (Å²) < 4.78 is 27.3. The molecule has 2 unspecified atom stereocenters. The lowest BCUT2D eigenvalue weighted by molar-refractivity contribution is -0.111. The third-order valence-electron chi connectivity index (χ3n) is 6.63. The van der Waals surface area contributed by atoms with E-state index in [0.717, 1.165) is 49.2 Å². The zero-order chi connectivity index (χ0) is 24.8. The molecule has 0 saturated carbocycles. The molecule has 1 aliphatic heterocycles. The van der Waals surface area contributed by atoms with E-state index in [2.05, 4.69) is 27.2 Å². The average molecular weight is 478 g/mol. The Balaban J connectivity index is 1.58. The number of piperazine rings is 1. The largest absolute Gasteiger partial charge is 0.304 e. The molecule has 6 heteroatoms. The molecule has 0 radical (unpaired) electrons. The predicted molar refractivity (Wildman–Crippen MR) is 135 cm³/mol. The van der Waals surface area contributed by atoms with Gasteiger partial charge in [0.05, 0.1) is 18.1 Å². The molecule has 3 aromatic carbocycles. The van der Waals surface area contributed by atoms with Crippen LogP contribution in [-0.4, -0.2) is 54.3 Å². The number of nitrogens with one attached hydrogen (secondary N) is 1. The highest BCUT2D eigenvalue weighted by molar-refractivity contribution is 5.60. The molecule has 0 spiro atoms. The zero-order valence-corrected chi connectivity index (χ0v) is 20.3. The second kappa shape index (κ2) is 11.7. The Hall–Kier alpha value is -2.93. The highest BCUT2D eigenvalue weighted by Gasteiger charge is 2.34. The molecule has 4 nitrogen and oxygen atoms in total. The number of hydrogen-bond acceptors (Lipinski definition) is 4. The van der Waals surface area contributed by atoms with Crippen molar-refractivity contribution in [2.75, 3.05) is 26.2 Å². The van der Waals surface area contributed by atoms with Gasteiger partial charge in [-0.15, -0.1) is 0 Å². The molecule has 2 atom stereocenters. The van der Waals surface area contributed by atoms with Crippen molar-refractivity contribution in [2.24, 2.45) is 0 Å². The summed E-state index contributed by atoms with van der Waals surface area (Å²) in [7, 11) is 0. The Morgan fingerprint density at radius 3 is 1.66 bits per heavy atom. The Morgan fingerprint density at radius 2 is 1.20 bits per heavy atom. The maximum Gasteiger partial charge on any atom is 0.138 e. The van der Waals surface area contributed by atoms with Crippen molar-refractivity contribution in [1.82, 2.24) is 15.1 Å². The van der Waals surface area contributed by atoms with Crippen LogP contribution in [0.4, 0.5) is 8.78 Å². The smallest absolute Gasteiger partial charge is 0.138 e. The van der Waals surface area contributed by atoms with Crippen molar-refractivity contribution < 1.29 is 13.6 Å². The van der Waals surface area contributed by atoms with Crippen LogP contribution in [0.5, 0.6) is 0 Å². The lowest BCUT2D eigenvalue weighted by atomic mass is 9.94. The molecule has 1 N–H and O–H groups in total. The molecule has 3 aromatic rings. The third-order valence-corrected chi connectivity index (χ3v) is 6.63. The molecule has 0 amide bonds. The van der Waals surface area contributed by atoms with Gasteiger partial charge in [0.1, 0.15) is 17.9 Å². The van der Waals surface area contributed by atoms with Crippen molar-refractivity contribution in [2.45, 2.75) is 38.0 Å². The molecular formula is C29H33F2N3O. The fourth-order valence-corrected chi connectivity index (χ4v) is 5.06. The summed E-state index contributed by atoms with van der Waals surface area (Å²) in [4.78, 5) is 16.9. The molecule has 1 aliphatic rings. The molecule has 4 rings (SSSR count). The topological polar surface area (TPSA) is 35.6 Å². The van der Waals surface area contributed by atoms with E-state index >= 15 is 0 Å². The van der Waals surface area contributed by atoms with Gasteiger partial charge in [0, 0.05) is 32.2 Å². The first kappa shape index (κ1) is 25.2. The summed E-state index contributed by atoms with van der Waals surface area (Å²) in [5.41, 5.74) is 3.05. The van der Waals surface area contributed by atoms with E-state index in [9.17, 15) is 13.6 Å². The number of aldehydes is 1. The number of rotatable bonds is 9. The summed E-state index contributed by atoms with van der Waals surface area (Å²) in [6.45, 7) is 7.15. The van der Waals surface area contributed by atoms with Gasteiger partial charge in [-0.05, 0) is 41.0 Å². The van der Waals surface area contributed by atoms with Crippen LogP contribution in [0.25, 0.3) is 0 Å². The van der Waals surface area contributed by atoms with Crippen LogP contribution in [0.2, 0.25) is 0 Å². The highest BCUT2D eigenvalue weighted by Crippen LogP contribution is 2.32. The first-order valence-electron chi connectivity index (χ1n) is 12.2. The maximum absolute atomic E-state index is 13.6. The van der Waals surface area contributed by atoms with Crippen LogP contribution < -0.4 is 5.32 Å². The van der Waals surface area contributed by atoms with E-state index in [1.54, 1.807) is 24.3 Å². The van der Waals surface area contributed by atoms with Crippen LogP contribution in [-0.2, 0) is 4.79 Å². The van der Waals surface area contributed by atoms with Gasteiger partial charge in [-0.25, -0.2) is 8.78 Å². The minimum Gasteiger partial charge on any atom is -0.304 e. The number of halogens is 2. The number of carbonyl (C=O) groups excluding carboxylic acids is 1. The fraction of sp³-hybridized carbons (Fsp3) is 0.345. The van der Waals surface area contributed by atoms with E-state index in [4.69, 9.17) is 0 Å². The second-order valence-electron chi connectivity index (χ2n) is 9.42. The number of carbonyl (C=O) groups is 1. The molecule has 0 bridgehead atoms. The molecular weight excluding hydrogens is 444 g/mol. The van der Waals surface area contributed by atoms with Crippen molar-refractivity contribution in [3.63, 3.8) is 0 Å². The average Bonchev–Trinajstić information content (AvgIpc) is 2.87. The van der Waals surface area contributed by atoms with Gasteiger partial charge in [0.25, 0.3) is 0 Å². The van der Waals surface area contributed by atoms with Crippen molar-refractivity contribution in [3.8, 4) is 0 Å². The van der Waals surface area contributed by atoms with Gasteiger partial charge in [-0.3, -0.25) is 9.80 Å². The Morgan fingerprint density at radius 1 is 0.714 bits per heavy atom. The molecule has 1 saturated heterocycles. The first-order valence-corrected chi connectivity index (χ1v) is 12.2. The maximum atomic E-state index is 13.6. The van der Waals surface area contributed by atoms with Crippen LogP contribution in [0, 0.1) is 11.6 Å². The lowest BCUT2D eigenvalue weighted by Gasteiger charge is -2.44. The van der Waals surface area contributed by atoms with E-state index in [-0.39, 0.29) is 35.8 Å². The highest BCUT2D eigenvalue weighted by atomic mass is 19.1. The van der Waals surface area contributed by atoms with Crippen LogP contribution in [0.1, 0.15) is 42.6 Å². The van der Waals surface area contributed by atoms with Gasteiger partial charge in [-0.1, -0.05) is 68.4 Å². The lowest BCUT2D eigenvalue weighted by Crippen LogP contribution is -2.54. The fourth-order valence-electron chi connectivity index (χ4n) is 5.06. The quantitative estimate of drug-likeness (QED) is 0.441. The van der Waals surface area contributed by atoms with Gasteiger partial charge < -0.3 is 10.1 Å². The number of benzene rings is 3. The number of hydrogen-bond donors (Lipinski definition) is 1. The Bertz CT molecular complexity index is 1020. The molecule has 35 heavy (non-hydrogen) atoms. The van der Waals surface area contributed by atoms with Crippen molar-refractivity contribution >= 4 is 6.29 Å². The van der Waals surface area contributed by atoms with Gasteiger partial charge in [0.2, 0.25) is 0 Å². The second-order valence-corrected chi connectivity index (χ2v) is 9.42.